The molecule has 0 saturated carbocycles. The number of ether oxygens (including phenoxy) is 1. The highest BCUT2D eigenvalue weighted by atomic mass is 19.1. The molecule has 0 aliphatic carbocycles. The van der Waals surface area contributed by atoms with Gasteiger partial charge >= 0.3 is 0 Å². The number of hydrogen-bond donors (Lipinski definition) is 1. The van der Waals surface area contributed by atoms with E-state index in [0.717, 1.165) is 24.4 Å². The van der Waals surface area contributed by atoms with Crippen molar-refractivity contribution >= 4 is 0 Å². The number of nitrogens with two attached hydrogens (primary N) is 1. The molecule has 2 aromatic rings. The monoisotopic (exact) mass is 260 g/mol. The summed E-state index contributed by atoms with van der Waals surface area (Å²) >= 11 is 0. The van der Waals surface area contributed by atoms with E-state index in [9.17, 15) is 4.39 Å². The predicted molar refractivity (Wildman–Crippen MR) is 73.3 cm³/mol. The summed E-state index contributed by atoms with van der Waals surface area (Å²) in [6.07, 6.45) is 0. The minimum Gasteiger partial charge on any atom is -0.494 e. The molecule has 2 rings (SSSR count). The van der Waals surface area contributed by atoms with Crippen LogP contribution in [0.5, 0.6) is 5.75 Å². The second-order valence-electron chi connectivity index (χ2n) is 4.40. The van der Waals surface area contributed by atoms with Gasteiger partial charge < -0.3 is 10.1 Å². The first-order valence-electron chi connectivity index (χ1n) is 6.56. The number of rotatable bonds is 6. The summed E-state index contributed by atoms with van der Waals surface area (Å²) < 4.78 is 18.2. The third-order valence-corrected chi connectivity index (χ3v) is 2.91. The van der Waals surface area contributed by atoms with Crippen molar-refractivity contribution in [2.75, 3.05) is 6.61 Å². The smallest absolute Gasteiger partial charge is 0.123 e. The summed E-state index contributed by atoms with van der Waals surface area (Å²) in [6, 6.07) is 14.8. The Bertz CT molecular complexity index is 493. The van der Waals surface area contributed by atoms with Gasteiger partial charge in [0.05, 0.1) is 6.61 Å². The van der Waals surface area contributed by atoms with Crippen LogP contribution in [0.3, 0.4) is 0 Å². The van der Waals surface area contributed by atoms with Crippen LogP contribution >= 0.6 is 0 Å². The van der Waals surface area contributed by atoms with Gasteiger partial charge in [-0.1, -0.05) is 12.1 Å². The summed E-state index contributed by atoms with van der Waals surface area (Å²) in [4.78, 5) is 0. The van der Waals surface area contributed by atoms with Gasteiger partial charge in [0.1, 0.15) is 24.7 Å². The summed E-state index contributed by atoms with van der Waals surface area (Å²) in [5.41, 5.74) is 2.39. The zero-order valence-electron chi connectivity index (χ0n) is 11.1. The van der Waals surface area contributed by atoms with Crippen LogP contribution in [0.2, 0.25) is 0 Å². The highest BCUT2D eigenvalue weighted by Crippen LogP contribution is 2.11. The molecule has 2 N–H and O–H groups in total. The molecule has 0 unspecified atom stereocenters. The van der Waals surface area contributed by atoms with Crippen LogP contribution in [0.15, 0.2) is 48.5 Å². The molecule has 0 atom stereocenters. The molecule has 0 spiro atoms. The van der Waals surface area contributed by atoms with Crippen molar-refractivity contribution in [1.82, 2.24) is 0 Å². The lowest BCUT2D eigenvalue weighted by Crippen LogP contribution is -2.80. The van der Waals surface area contributed by atoms with Crippen LogP contribution < -0.4 is 10.1 Å². The second-order valence-corrected chi connectivity index (χ2v) is 4.40. The largest absolute Gasteiger partial charge is 0.494 e. The van der Waals surface area contributed by atoms with Crippen LogP contribution in [0.4, 0.5) is 4.39 Å². The van der Waals surface area contributed by atoms with Gasteiger partial charge in [-0.3, -0.25) is 0 Å². The lowest BCUT2D eigenvalue weighted by atomic mass is 10.2. The third-order valence-electron chi connectivity index (χ3n) is 2.91. The molecule has 0 saturated heterocycles. The first-order valence-corrected chi connectivity index (χ1v) is 6.56. The summed E-state index contributed by atoms with van der Waals surface area (Å²) in [6.45, 7) is 4.43. The minimum atomic E-state index is -0.185. The van der Waals surface area contributed by atoms with Gasteiger partial charge in [-0.25, -0.2) is 4.39 Å². The van der Waals surface area contributed by atoms with Crippen molar-refractivity contribution in [3.63, 3.8) is 0 Å². The van der Waals surface area contributed by atoms with Gasteiger partial charge in [0.2, 0.25) is 0 Å². The molecule has 0 fully saturated rings. The van der Waals surface area contributed by atoms with Crippen LogP contribution in [0.25, 0.3) is 0 Å². The molecule has 0 amide bonds. The van der Waals surface area contributed by atoms with Crippen molar-refractivity contribution in [3.8, 4) is 5.75 Å². The lowest BCUT2D eigenvalue weighted by molar-refractivity contribution is -0.686. The van der Waals surface area contributed by atoms with Gasteiger partial charge in [-0.05, 0) is 43.3 Å². The highest BCUT2D eigenvalue weighted by Gasteiger charge is 1.99. The molecule has 0 aliphatic rings. The van der Waals surface area contributed by atoms with Crippen molar-refractivity contribution in [2.24, 2.45) is 0 Å². The first kappa shape index (κ1) is 13.6. The maximum absolute atomic E-state index is 12.8. The van der Waals surface area contributed by atoms with E-state index in [1.807, 2.05) is 31.2 Å². The number of quaternary nitrogens is 1. The Kier molecular flexibility index (Phi) is 4.93. The normalized spacial score (nSPS) is 10.4. The fourth-order valence-electron chi connectivity index (χ4n) is 1.91. The Morgan fingerprint density at radius 3 is 1.95 bits per heavy atom. The van der Waals surface area contributed by atoms with Crippen LogP contribution in [-0.2, 0) is 13.1 Å². The molecule has 2 nitrogen and oxygen atoms in total. The van der Waals surface area contributed by atoms with Gasteiger partial charge in [-0.15, -0.1) is 0 Å². The van der Waals surface area contributed by atoms with Crippen LogP contribution in [0.1, 0.15) is 18.1 Å². The zero-order valence-corrected chi connectivity index (χ0v) is 11.1. The Labute approximate surface area is 113 Å². The topological polar surface area (TPSA) is 25.8 Å². The summed E-state index contributed by atoms with van der Waals surface area (Å²) in [5, 5.41) is 2.20. The molecule has 3 heteroatoms. The van der Waals surface area contributed by atoms with E-state index in [4.69, 9.17) is 4.74 Å². The summed E-state index contributed by atoms with van der Waals surface area (Å²) in [5.74, 6) is 0.722. The Balaban J connectivity index is 1.80. The molecule has 0 heterocycles. The molecule has 100 valence electrons. The molecular weight excluding hydrogens is 241 g/mol. The van der Waals surface area contributed by atoms with Crippen LogP contribution in [-0.4, -0.2) is 6.61 Å². The molecule has 0 bridgehead atoms. The zero-order chi connectivity index (χ0) is 13.5. The van der Waals surface area contributed by atoms with Crippen molar-refractivity contribution in [1.29, 1.82) is 0 Å². The lowest BCUT2D eigenvalue weighted by Gasteiger charge is -2.05. The molecule has 0 aliphatic heterocycles. The fraction of sp³-hybridized carbons (Fsp3) is 0.250. The molecule has 2 aromatic carbocycles. The van der Waals surface area contributed by atoms with E-state index in [1.165, 1.54) is 17.7 Å². The van der Waals surface area contributed by atoms with Gasteiger partial charge in [0.25, 0.3) is 0 Å². The van der Waals surface area contributed by atoms with E-state index in [1.54, 1.807) is 0 Å². The average molecular weight is 260 g/mol. The van der Waals surface area contributed by atoms with Gasteiger partial charge in [0, 0.05) is 11.1 Å². The van der Waals surface area contributed by atoms with E-state index in [2.05, 4.69) is 17.4 Å². The maximum atomic E-state index is 12.8. The van der Waals surface area contributed by atoms with Gasteiger partial charge in [-0.2, -0.15) is 0 Å². The van der Waals surface area contributed by atoms with Gasteiger partial charge in [0.15, 0.2) is 0 Å². The van der Waals surface area contributed by atoms with E-state index in [0.29, 0.717) is 6.61 Å². The Hall–Kier alpha value is -1.87. The minimum absolute atomic E-state index is 0.185. The fourth-order valence-corrected chi connectivity index (χ4v) is 1.91. The van der Waals surface area contributed by atoms with E-state index < -0.39 is 0 Å². The third kappa shape index (κ3) is 4.38. The second kappa shape index (κ2) is 6.90. The standard InChI is InChI=1S/C16H18FNO/c1-2-19-16-9-5-14(6-10-16)12-18-11-13-3-7-15(17)8-4-13/h3-10,18H,2,11-12H2,1H3/p+1. The summed E-state index contributed by atoms with van der Waals surface area (Å²) in [7, 11) is 0. The van der Waals surface area contributed by atoms with E-state index in [-0.39, 0.29) is 5.82 Å². The first-order chi connectivity index (χ1) is 9.28. The Morgan fingerprint density at radius 2 is 1.42 bits per heavy atom. The molecule has 0 aromatic heterocycles. The number of benzene rings is 2. The Morgan fingerprint density at radius 1 is 0.895 bits per heavy atom. The molecular formula is C16H19FNO+. The molecule has 0 radical (unpaired) electrons. The van der Waals surface area contributed by atoms with Crippen LogP contribution in [0, 0.1) is 5.82 Å². The quantitative estimate of drug-likeness (QED) is 0.848. The maximum Gasteiger partial charge on any atom is 0.123 e. The SMILES string of the molecule is CCOc1ccc(C[NH2+]Cc2ccc(F)cc2)cc1. The average Bonchev–Trinajstić information content (AvgIpc) is 2.43. The highest BCUT2D eigenvalue weighted by molar-refractivity contribution is 5.26. The van der Waals surface area contributed by atoms with Crippen molar-refractivity contribution in [2.45, 2.75) is 20.0 Å². The number of halogens is 1. The molecule has 19 heavy (non-hydrogen) atoms. The predicted octanol–water partition coefficient (Wildman–Crippen LogP) is 2.49. The van der Waals surface area contributed by atoms with E-state index >= 15 is 0 Å². The van der Waals surface area contributed by atoms with Crippen molar-refractivity contribution < 1.29 is 14.4 Å². The van der Waals surface area contributed by atoms with Crippen molar-refractivity contribution in [3.05, 3.63) is 65.5 Å². The number of hydrogen-bond acceptors (Lipinski definition) is 1.